The second-order valence-corrected chi connectivity index (χ2v) is 26.9. The van der Waals surface area contributed by atoms with Gasteiger partial charge < -0.3 is 31.9 Å². The molecule has 7 aliphatic heterocycles. The molecule has 4 saturated carbocycles. The molecule has 0 spiro atoms. The molecule has 10 nitrogen and oxygen atoms in total. The molecule has 11 fully saturated rings. The van der Waals surface area contributed by atoms with Crippen LogP contribution in [-0.2, 0) is 17.1 Å². The van der Waals surface area contributed by atoms with E-state index in [2.05, 4.69) is 86.1 Å². The van der Waals surface area contributed by atoms with E-state index in [1.165, 1.54) is 128 Å². The molecule has 4 aliphatic carbocycles. The van der Waals surface area contributed by atoms with Gasteiger partial charge >= 0.3 is 17.1 Å². The molecule has 0 N–H and O–H groups in total. The third kappa shape index (κ3) is 12.1. The number of fused-ring (bicyclic) bond motifs is 8. The van der Waals surface area contributed by atoms with E-state index in [1.807, 2.05) is 28.2 Å². The number of hydrogen-bond acceptors (Lipinski definition) is 4. The Hall–Kier alpha value is 0.119. The first-order chi connectivity index (χ1) is 33.8. The van der Waals surface area contributed by atoms with Crippen molar-refractivity contribution in [1.82, 2.24) is 20.0 Å². The minimum Gasteiger partial charge on any atom is -0.656 e. The largest absolute Gasteiger partial charge is 6.00 e. The summed E-state index contributed by atoms with van der Waals surface area (Å²) in [5, 5.41) is 42.0. The fourth-order valence-electron chi connectivity index (χ4n) is 18.2. The van der Waals surface area contributed by atoms with Crippen LogP contribution in [0, 0.1) is 94.7 Å². The zero-order valence-electron chi connectivity index (χ0n) is 47.7. The molecule has 0 aromatic heterocycles. The van der Waals surface area contributed by atoms with E-state index in [0.29, 0.717) is 119 Å². The normalized spacial score (nSPS) is 47.2. The molecule has 0 aromatic carbocycles. The number of hydrazine groups is 2. The predicted molar refractivity (Wildman–Crippen MR) is 295 cm³/mol. The Labute approximate surface area is 448 Å². The standard InChI is InChI=1S/C52H88N4.2C4H10N3.Fe/c1-29-30(2)46-42(38-23-15-10-16-24-38)48-33(5)34(6)50(55-48)44(40-27-19-12-20-28-40)52-36(8)35(7)51(56-52)43(39-25-17-11-18-26-39)49-32(4)31(3)47(54-49)41(45(29)53-46)37-21-13-9-14-22-37;2*1-6-3-5-4-7(6)2;/h29-52H,9-28H2,1-8H3;2*3-4H2,1-2H3;/q-4;2*-1;+6. The van der Waals surface area contributed by atoms with Crippen molar-refractivity contribution in [3.63, 3.8) is 0 Å². The van der Waals surface area contributed by atoms with Crippen molar-refractivity contribution in [1.29, 1.82) is 0 Å². The maximum Gasteiger partial charge on any atom is 6.00 e. The summed E-state index contributed by atoms with van der Waals surface area (Å²) in [7, 11) is 8.10. The molecule has 16 atom stereocenters. The van der Waals surface area contributed by atoms with Crippen molar-refractivity contribution >= 4 is 0 Å². The van der Waals surface area contributed by atoms with E-state index in [-0.39, 0.29) is 17.1 Å². The molecular weight excluding hydrogens is 917 g/mol. The van der Waals surface area contributed by atoms with Gasteiger partial charge in [-0.25, -0.2) is 0 Å². The molecular formula is C60H108FeN10. The van der Waals surface area contributed by atoms with E-state index in [1.54, 1.807) is 0 Å². The average molecular weight is 1030 g/mol. The van der Waals surface area contributed by atoms with E-state index in [9.17, 15) is 0 Å². The minimum absolute atomic E-state index is 0. The van der Waals surface area contributed by atoms with Gasteiger partial charge in [-0.15, -0.1) is 48.3 Å². The molecule has 71 heavy (non-hydrogen) atoms. The average Bonchev–Trinajstić information content (AvgIpc) is 4.22. The van der Waals surface area contributed by atoms with Crippen molar-refractivity contribution < 1.29 is 17.1 Å². The van der Waals surface area contributed by atoms with E-state index >= 15 is 0 Å². The smallest absolute Gasteiger partial charge is 0.656 e. The Morgan fingerprint density at radius 2 is 0.408 bits per heavy atom. The van der Waals surface area contributed by atoms with Gasteiger partial charge in [-0.05, 0) is 51.9 Å². The zero-order valence-corrected chi connectivity index (χ0v) is 48.8. The van der Waals surface area contributed by atoms with Crippen molar-refractivity contribution in [3.8, 4) is 0 Å². The predicted octanol–water partition coefficient (Wildman–Crippen LogP) is 14.5. The van der Waals surface area contributed by atoms with Crippen LogP contribution in [0.1, 0.15) is 184 Å². The van der Waals surface area contributed by atoms with E-state index < -0.39 is 0 Å². The first kappa shape index (κ1) is 57.3. The third-order valence-electron chi connectivity index (χ3n) is 23.3. The number of nitrogens with zero attached hydrogens (tertiary/aromatic N) is 10. The summed E-state index contributed by atoms with van der Waals surface area (Å²) in [4.78, 5) is 0. The first-order valence-corrected chi connectivity index (χ1v) is 30.7. The summed E-state index contributed by atoms with van der Waals surface area (Å²) < 4.78 is 0. The topological polar surface area (TPSA) is 97.6 Å². The van der Waals surface area contributed by atoms with Crippen LogP contribution in [0.25, 0.3) is 31.9 Å². The summed E-state index contributed by atoms with van der Waals surface area (Å²) in [5.41, 5.74) is 0. The molecule has 0 amide bonds. The van der Waals surface area contributed by atoms with Crippen LogP contribution >= 0.6 is 0 Å². The van der Waals surface area contributed by atoms with E-state index in [4.69, 9.17) is 21.3 Å². The Morgan fingerprint density at radius 1 is 0.254 bits per heavy atom. The van der Waals surface area contributed by atoms with Crippen LogP contribution in [0.3, 0.4) is 0 Å². The zero-order chi connectivity index (χ0) is 49.4. The Morgan fingerprint density at radius 3 is 0.535 bits per heavy atom. The van der Waals surface area contributed by atoms with Gasteiger partial charge in [0.2, 0.25) is 0 Å². The maximum atomic E-state index is 6.39. The third-order valence-corrected chi connectivity index (χ3v) is 23.3. The SMILES string of the molecule is CC1C(C)C2[N-]C1C(C1CCCCC1)C1[N-]C(C(C)C1C)C(C1CCCCC1)C1[N-]C(C(C)C1C)C(C1CCCCC1)C1[N-]C(C(C)C1C)C2C1CCCCC1.CN1C[N-]CN1C.CN1C[N-]CN1C.[Fe+6]. The van der Waals surface area contributed by atoms with Gasteiger partial charge in [-0.2, -0.15) is 0 Å². The van der Waals surface area contributed by atoms with Crippen LogP contribution in [-0.4, -0.2) is 123 Å². The van der Waals surface area contributed by atoms with Crippen LogP contribution in [0.4, 0.5) is 0 Å². The number of hydrogen-bond donors (Lipinski definition) is 0. The quantitative estimate of drug-likeness (QED) is 0.262. The van der Waals surface area contributed by atoms with Gasteiger partial charge in [-0.1, -0.05) is 281 Å². The van der Waals surface area contributed by atoms with Gasteiger partial charge in [-0.3, -0.25) is 20.0 Å². The minimum atomic E-state index is 0. The molecule has 11 heteroatoms. The van der Waals surface area contributed by atoms with Crippen molar-refractivity contribution in [2.45, 2.75) is 232 Å². The molecule has 0 radical (unpaired) electrons. The molecule has 406 valence electrons. The van der Waals surface area contributed by atoms with Gasteiger partial charge in [0.15, 0.2) is 0 Å². The van der Waals surface area contributed by atoms with Gasteiger partial charge in [0.1, 0.15) is 0 Å². The van der Waals surface area contributed by atoms with Crippen molar-refractivity contribution in [3.05, 3.63) is 31.9 Å². The van der Waals surface area contributed by atoms with Crippen molar-refractivity contribution in [2.24, 2.45) is 94.7 Å². The Bertz CT molecular complexity index is 1300. The first-order valence-electron chi connectivity index (χ1n) is 30.7. The molecule has 16 unspecified atom stereocenters. The molecule has 7 saturated heterocycles. The molecule has 11 rings (SSSR count). The van der Waals surface area contributed by atoms with Crippen molar-refractivity contribution in [2.75, 3.05) is 54.9 Å². The van der Waals surface area contributed by atoms with E-state index in [0.717, 1.165) is 50.3 Å². The van der Waals surface area contributed by atoms with Gasteiger partial charge in [0.05, 0.1) is 0 Å². The summed E-state index contributed by atoms with van der Waals surface area (Å²) >= 11 is 0. The Kier molecular flexibility index (Phi) is 20.8. The summed E-state index contributed by atoms with van der Waals surface area (Å²) in [6.45, 7) is 24.8. The van der Waals surface area contributed by atoms with Gasteiger partial charge in [0.25, 0.3) is 0 Å². The molecule has 11 aliphatic rings. The number of rotatable bonds is 4. The van der Waals surface area contributed by atoms with Crippen LogP contribution in [0.5, 0.6) is 0 Å². The Balaban J connectivity index is 0.000000389. The molecule has 8 bridgehead atoms. The molecule has 0 aromatic rings. The second-order valence-electron chi connectivity index (χ2n) is 26.9. The molecule has 7 heterocycles. The summed E-state index contributed by atoms with van der Waals surface area (Å²) in [5.74, 6) is 10.8. The monoisotopic (exact) mass is 1020 g/mol. The fraction of sp³-hybridized carbons (Fsp3) is 1.00. The summed E-state index contributed by atoms with van der Waals surface area (Å²) in [6, 6.07) is 3.72. The van der Waals surface area contributed by atoms with Crippen LogP contribution in [0.2, 0.25) is 0 Å². The maximum absolute atomic E-state index is 6.39. The second kappa shape index (κ2) is 25.7. The van der Waals surface area contributed by atoms with Gasteiger partial charge in [0, 0.05) is 0 Å². The van der Waals surface area contributed by atoms with Crippen LogP contribution < -0.4 is 0 Å². The van der Waals surface area contributed by atoms with Crippen LogP contribution in [0.15, 0.2) is 0 Å². The summed E-state index contributed by atoms with van der Waals surface area (Å²) in [6.07, 6.45) is 28.5. The fourth-order valence-corrected chi connectivity index (χ4v) is 18.2.